The first kappa shape index (κ1) is 15.6. The van der Waals surface area contributed by atoms with E-state index in [4.69, 9.17) is 13.9 Å². The number of esters is 2. The largest absolute Gasteiger partial charge is 0.465 e. The molecule has 0 unspecified atom stereocenters. The van der Waals surface area contributed by atoms with E-state index >= 15 is 0 Å². The Hall–Kier alpha value is -3.28. The maximum absolute atomic E-state index is 12.4. The molecule has 24 heavy (non-hydrogen) atoms. The van der Waals surface area contributed by atoms with Crippen molar-refractivity contribution in [2.75, 3.05) is 14.2 Å². The van der Waals surface area contributed by atoms with Crippen molar-refractivity contribution < 1.29 is 23.5 Å². The van der Waals surface area contributed by atoms with Crippen molar-refractivity contribution in [3.63, 3.8) is 0 Å². The molecule has 0 atom stereocenters. The highest BCUT2D eigenvalue weighted by Gasteiger charge is 2.31. The van der Waals surface area contributed by atoms with Crippen molar-refractivity contribution in [2.45, 2.75) is 0 Å². The zero-order valence-electron chi connectivity index (χ0n) is 13.2. The number of methoxy groups -OCH3 is 2. The lowest BCUT2D eigenvalue weighted by atomic mass is 10.0. The van der Waals surface area contributed by atoms with E-state index in [0.717, 1.165) is 5.56 Å². The molecule has 122 valence electrons. The lowest BCUT2D eigenvalue weighted by molar-refractivity contribution is 0.0557. The van der Waals surface area contributed by atoms with Crippen LogP contribution in [0.1, 0.15) is 20.7 Å². The Morgan fingerprint density at radius 2 is 1.50 bits per heavy atom. The summed E-state index contributed by atoms with van der Waals surface area (Å²) in [6.07, 6.45) is 1.48. The van der Waals surface area contributed by atoms with E-state index in [1.807, 2.05) is 30.3 Å². The molecule has 6 nitrogen and oxygen atoms in total. The molecule has 0 saturated heterocycles. The lowest BCUT2D eigenvalue weighted by Crippen LogP contribution is -2.11. The maximum atomic E-state index is 12.4. The van der Waals surface area contributed by atoms with Crippen molar-refractivity contribution >= 4 is 11.9 Å². The molecule has 0 spiro atoms. The SMILES string of the molecule is COC(=O)c1c(-c2ccccc2)[nH]c(-c2ccco2)c1C(=O)OC. The smallest absolute Gasteiger partial charge is 0.341 e. The normalized spacial score (nSPS) is 10.4. The number of carbonyl (C=O) groups excluding carboxylic acids is 2. The highest BCUT2D eigenvalue weighted by Crippen LogP contribution is 2.35. The third-order valence-electron chi connectivity index (χ3n) is 3.61. The Morgan fingerprint density at radius 1 is 0.875 bits per heavy atom. The van der Waals surface area contributed by atoms with Crippen molar-refractivity contribution in [1.29, 1.82) is 0 Å². The molecule has 3 aromatic rings. The van der Waals surface area contributed by atoms with E-state index in [9.17, 15) is 9.59 Å². The standard InChI is InChI=1S/C18H15NO5/c1-22-17(20)13-14(18(21)23-2)16(12-9-6-10-24-12)19-15(13)11-7-4-3-5-8-11/h3-10,19H,1-2H3. The lowest BCUT2D eigenvalue weighted by Gasteiger charge is -2.05. The minimum Gasteiger partial charge on any atom is -0.465 e. The van der Waals surface area contributed by atoms with Crippen molar-refractivity contribution in [1.82, 2.24) is 4.98 Å². The molecule has 6 heteroatoms. The molecule has 1 N–H and O–H groups in total. The van der Waals surface area contributed by atoms with Crippen LogP contribution in [0, 0.1) is 0 Å². The second-order valence-corrected chi connectivity index (χ2v) is 4.95. The minimum atomic E-state index is -0.653. The highest BCUT2D eigenvalue weighted by atomic mass is 16.5. The van der Waals surface area contributed by atoms with Crippen LogP contribution >= 0.6 is 0 Å². The van der Waals surface area contributed by atoms with Crippen LogP contribution in [0.25, 0.3) is 22.7 Å². The summed E-state index contributed by atoms with van der Waals surface area (Å²) in [5, 5.41) is 0. The number of carbonyl (C=O) groups is 2. The number of benzene rings is 1. The van der Waals surface area contributed by atoms with E-state index in [2.05, 4.69) is 4.98 Å². The predicted molar refractivity (Wildman–Crippen MR) is 86.6 cm³/mol. The van der Waals surface area contributed by atoms with Gasteiger partial charge in [0, 0.05) is 0 Å². The summed E-state index contributed by atoms with van der Waals surface area (Å²) in [5.74, 6) is -0.869. The van der Waals surface area contributed by atoms with Crippen LogP contribution in [0.15, 0.2) is 53.1 Å². The van der Waals surface area contributed by atoms with Crippen LogP contribution < -0.4 is 0 Å². The van der Waals surface area contributed by atoms with Gasteiger partial charge in [-0.25, -0.2) is 9.59 Å². The molecule has 0 amide bonds. The monoisotopic (exact) mass is 325 g/mol. The van der Waals surface area contributed by atoms with Gasteiger partial charge in [0.2, 0.25) is 0 Å². The van der Waals surface area contributed by atoms with Gasteiger partial charge in [-0.15, -0.1) is 0 Å². The van der Waals surface area contributed by atoms with E-state index in [1.54, 1.807) is 12.1 Å². The molecule has 0 aliphatic rings. The molecule has 0 fully saturated rings. The number of aromatic nitrogens is 1. The number of furan rings is 1. The Bertz CT molecular complexity index is 862. The van der Waals surface area contributed by atoms with Gasteiger partial charge in [-0.05, 0) is 17.7 Å². The predicted octanol–water partition coefficient (Wildman–Crippen LogP) is 3.51. The summed E-state index contributed by atoms with van der Waals surface area (Å²) in [7, 11) is 2.52. The number of H-pyrrole nitrogens is 1. The second kappa shape index (κ2) is 6.45. The summed E-state index contributed by atoms with van der Waals surface area (Å²) in [5.41, 5.74) is 1.77. The molecule has 2 heterocycles. The third kappa shape index (κ3) is 2.58. The first-order chi connectivity index (χ1) is 11.7. The average Bonchev–Trinajstić information content (AvgIpc) is 3.28. The number of hydrogen-bond donors (Lipinski definition) is 1. The van der Waals surface area contributed by atoms with Crippen molar-refractivity contribution in [3.05, 3.63) is 59.9 Å². The van der Waals surface area contributed by atoms with Gasteiger partial charge in [-0.2, -0.15) is 0 Å². The molecule has 0 aliphatic carbocycles. The van der Waals surface area contributed by atoms with Gasteiger partial charge in [0.15, 0.2) is 5.76 Å². The molecule has 1 aromatic carbocycles. The Labute approximate surface area is 138 Å². The first-order valence-corrected chi connectivity index (χ1v) is 7.19. The van der Waals surface area contributed by atoms with Crippen LogP contribution in [0.2, 0.25) is 0 Å². The van der Waals surface area contributed by atoms with Crippen LogP contribution in [0.4, 0.5) is 0 Å². The molecular weight excluding hydrogens is 310 g/mol. The van der Waals surface area contributed by atoms with Gasteiger partial charge < -0.3 is 18.9 Å². The van der Waals surface area contributed by atoms with E-state index < -0.39 is 11.9 Å². The zero-order chi connectivity index (χ0) is 17.1. The van der Waals surface area contributed by atoms with Crippen molar-refractivity contribution in [3.8, 4) is 22.7 Å². The van der Waals surface area contributed by atoms with Crippen LogP contribution in [0.3, 0.4) is 0 Å². The van der Waals surface area contributed by atoms with Gasteiger partial charge in [0.25, 0.3) is 0 Å². The zero-order valence-corrected chi connectivity index (χ0v) is 13.2. The van der Waals surface area contributed by atoms with Gasteiger partial charge in [-0.1, -0.05) is 30.3 Å². The molecule has 0 aliphatic heterocycles. The molecule has 2 aromatic heterocycles. The summed E-state index contributed by atoms with van der Waals surface area (Å²) in [4.78, 5) is 27.8. The van der Waals surface area contributed by atoms with Gasteiger partial charge in [0.1, 0.15) is 11.1 Å². The number of ether oxygens (including phenoxy) is 2. The fourth-order valence-electron chi connectivity index (χ4n) is 2.54. The first-order valence-electron chi connectivity index (χ1n) is 7.19. The van der Waals surface area contributed by atoms with Crippen LogP contribution in [-0.4, -0.2) is 31.1 Å². The summed E-state index contributed by atoms with van der Waals surface area (Å²) in [6.45, 7) is 0. The van der Waals surface area contributed by atoms with Crippen LogP contribution in [-0.2, 0) is 9.47 Å². The number of rotatable bonds is 4. The molecule has 3 rings (SSSR count). The van der Waals surface area contributed by atoms with Gasteiger partial charge in [0.05, 0.1) is 31.9 Å². The average molecular weight is 325 g/mol. The highest BCUT2D eigenvalue weighted by molar-refractivity contribution is 6.11. The molecule has 0 radical (unpaired) electrons. The fourth-order valence-corrected chi connectivity index (χ4v) is 2.54. The van der Waals surface area contributed by atoms with Gasteiger partial charge in [-0.3, -0.25) is 0 Å². The molecule has 0 bridgehead atoms. The topological polar surface area (TPSA) is 81.5 Å². The quantitative estimate of drug-likeness (QED) is 0.742. The van der Waals surface area contributed by atoms with Crippen LogP contribution in [0.5, 0.6) is 0 Å². The molecule has 0 saturated carbocycles. The minimum absolute atomic E-state index is 0.0816. The Balaban J connectivity index is 2.33. The fraction of sp³-hybridized carbons (Fsp3) is 0.111. The summed E-state index contributed by atoms with van der Waals surface area (Å²) >= 11 is 0. The van der Waals surface area contributed by atoms with Crippen molar-refractivity contribution in [2.24, 2.45) is 0 Å². The van der Waals surface area contributed by atoms with E-state index in [0.29, 0.717) is 17.1 Å². The van der Waals surface area contributed by atoms with E-state index in [1.165, 1.54) is 20.5 Å². The van der Waals surface area contributed by atoms with E-state index in [-0.39, 0.29) is 11.1 Å². The molecular formula is C18H15NO5. The second-order valence-electron chi connectivity index (χ2n) is 4.95. The third-order valence-corrected chi connectivity index (χ3v) is 3.61. The number of hydrogen-bond acceptors (Lipinski definition) is 5. The Morgan fingerprint density at radius 3 is 2.04 bits per heavy atom. The Kier molecular flexibility index (Phi) is 4.20. The summed E-state index contributed by atoms with van der Waals surface area (Å²) in [6, 6.07) is 12.6. The van der Waals surface area contributed by atoms with Gasteiger partial charge >= 0.3 is 11.9 Å². The summed E-state index contributed by atoms with van der Waals surface area (Å²) < 4.78 is 15.1. The number of aromatic amines is 1. The number of nitrogens with one attached hydrogen (secondary N) is 1. The maximum Gasteiger partial charge on any atom is 0.341 e.